The molecule has 0 fully saturated rings. The molecule has 3 rings (SSSR count). The molecule has 4 heteroatoms. The van der Waals surface area contributed by atoms with Gasteiger partial charge >= 0.3 is 0 Å². The Bertz CT molecular complexity index is 485. The maximum atomic E-state index is 5.51. The van der Waals surface area contributed by atoms with Gasteiger partial charge in [0, 0.05) is 24.5 Å². The van der Waals surface area contributed by atoms with Crippen LogP contribution in [0.2, 0.25) is 0 Å². The number of nitrogens with two attached hydrogens (primary N) is 1. The molecular formula is C13H15N3O. The van der Waals surface area contributed by atoms with Crippen molar-refractivity contribution in [3.05, 3.63) is 48.2 Å². The second-order valence-electron chi connectivity index (χ2n) is 3.62. The third kappa shape index (κ3) is 2.87. The summed E-state index contributed by atoms with van der Waals surface area (Å²) in [4.78, 5) is 3.99. The highest BCUT2D eigenvalue weighted by atomic mass is 16.5. The van der Waals surface area contributed by atoms with Gasteiger partial charge in [-0.05, 0) is 30.3 Å². The first kappa shape index (κ1) is 11.3. The van der Waals surface area contributed by atoms with Gasteiger partial charge in [-0.15, -0.1) is 0 Å². The van der Waals surface area contributed by atoms with Gasteiger partial charge < -0.3 is 15.8 Å². The van der Waals surface area contributed by atoms with E-state index in [-0.39, 0.29) is 0 Å². The Kier molecular flexibility index (Phi) is 3.45. The largest absolute Gasteiger partial charge is 0.488 e. The topological polar surface area (TPSA) is 60.2 Å². The maximum Gasteiger partial charge on any atom is 0.126 e. The summed E-state index contributed by atoms with van der Waals surface area (Å²) in [5.41, 5.74) is 7.54. The van der Waals surface area contributed by atoms with Crippen LogP contribution in [-0.4, -0.2) is 12.0 Å². The molecule has 0 radical (unpaired) electrons. The molecular weight excluding hydrogens is 214 g/mol. The van der Waals surface area contributed by atoms with Gasteiger partial charge in [0.1, 0.15) is 18.2 Å². The Morgan fingerprint density at radius 3 is 2.59 bits per heavy atom. The van der Waals surface area contributed by atoms with Crippen LogP contribution in [0.3, 0.4) is 0 Å². The van der Waals surface area contributed by atoms with E-state index in [1.807, 2.05) is 43.4 Å². The molecule has 1 aromatic carbocycles. The van der Waals surface area contributed by atoms with Crippen molar-refractivity contribution in [3.63, 3.8) is 0 Å². The minimum atomic E-state index is 0.723. The van der Waals surface area contributed by atoms with E-state index in [0.717, 1.165) is 23.9 Å². The number of benzene rings is 1. The minimum Gasteiger partial charge on any atom is -0.488 e. The van der Waals surface area contributed by atoms with Gasteiger partial charge in [-0.1, -0.05) is 6.07 Å². The van der Waals surface area contributed by atoms with E-state index >= 15 is 0 Å². The van der Waals surface area contributed by atoms with Crippen molar-refractivity contribution < 1.29 is 4.74 Å². The van der Waals surface area contributed by atoms with E-state index in [9.17, 15) is 0 Å². The first-order valence-corrected chi connectivity index (χ1v) is 5.39. The summed E-state index contributed by atoms with van der Waals surface area (Å²) < 4.78 is 5.08. The second kappa shape index (κ2) is 5.21. The monoisotopic (exact) mass is 229 g/mol. The van der Waals surface area contributed by atoms with Crippen LogP contribution in [0.5, 0.6) is 5.75 Å². The fraction of sp³-hybridized carbons (Fsp3) is 0.154. The fourth-order valence-electron chi connectivity index (χ4n) is 1.44. The summed E-state index contributed by atoms with van der Waals surface area (Å²) in [7, 11) is 1.85. The van der Waals surface area contributed by atoms with E-state index in [2.05, 4.69) is 10.3 Å². The Morgan fingerprint density at radius 2 is 2.18 bits per heavy atom. The van der Waals surface area contributed by atoms with Gasteiger partial charge in [-0.25, -0.2) is 4.98 Å². The van der Waals surface area contributed by atoms with Crippen molar-refractivity contribution >= 4 is 11.5 Å². The normalized spacial score (nSPS) is 11.1. The van der Waals surface area contributed by atoms with Crippen molar-refractivity contribution in [3.8, 4) is 5.75 Å². The fourth-order valence-corrected chi connectivity index (χ4v) is 1.44. The molecule has 2 aromatic rings. The maximum absolute atomic E-state index is 5.51. The SMILES string of the molecule is CNc1ccccn1.Nc1ccc2c(c1)CO2. The molecule has 1 aliphatic rings. The lowest BCUT2D eigenvalue weighted by atomic mass is 10.1. The number of ether oxygens (including phenoxy) is 1. The second-order valence-corrected chi connectivity index (χ2v) is 3.62. The number of fused-ring (bicyclic) bond motifs is 1. The summed E-state index contributed by atoms with van der Waals surface area (Å²) in [6, 6.07) is 11.4. The molecule has 0 atom stereocenters. The first-order valence-electron chi connectivity index (χ1n) is 5.39. The summed E-state index contributed by atoms with van der Waals surface area (Å²) >= 11 is 0. The number of anilines is 2. The molecule has 1 aliphatic heterocycles. The van der Waals surface area contributed by atoms with Crippen LogP contribution >= 0.6 is 0 Å². The predicted octanol–water partition coefficient (Wildman–Crippen LogP) is 2.28. The lowest BCUT2D eigenvalue weighted by Gasteiger charge is -2.19. The van der Waals surface area contributed by atoms with Gasteiger partial charge in [0.05, 0.1) is 0 Å². The number of hydrogen-bond donors (Lipinski definition) is 2. The molecule has 0 aliphatic carbocycles. The molecule has 88 valence electrons. The molecule has 2 heterocycles. The molecule has 0 amide bonds. The van der Waals surface area contributed by atoms with Crippen molar-refractivity contribution in [1.29, 1.82) is 0 Å². The molecule has 0 bridgehead atoms. The highest BCUT2D eigenvalue weighted by Gasteiger charge is 2.12. The molecule has 1 aromatic heterocycles. The van der Waals surface area contributed by atoms with Crippen LogP contribution in [0.1, 0.15) is 5.56 Å². The van der Waals surface area contributed by atoms with Crippen LogP contribution in [0.15, 0.2) is 42.6 Å². The van der Waals surface area contributed by atoms with Gasteiger partial charge in [0.25, 0.3) is 0 Å². The molecule has 0 saturated carbocycles. The standard InChI is InChI=1S/C7H7NO.C6H8N2/c8-6-1-2-7-5(3-6)4-9-7;1-7-6-4-2-3-5-8-6/h1-3H,4,8H2;2-5H,1H3,(H,7,8). The Morgan fingerprint density at radius 1 is 1.29 bits per heavy atom. The van der Waals surface area contributed by atoms with Crippen LogP contribution in [0, 0.1) is 0 Å². The molecule has 0 saturated heterocycles. The van der Waals surface area contributed by atoms with Gasteiger partial charge in [0.15, 0.2) is 0 Å². The minimum absolute atomic E-state index is 0.723. The highest BCUT2D eigenvalue weighted by Crippen LogP contribution is 2.29. The zero-order chi connectivity index (χ0) is 12.1. The van der Waals surface area contributed by atoms with E-state index in [0.29, 0.717) is 0 Å². The van der Waals surface area contributed by atoms with Gasteiger partial charge in [0.2, 0.25) is 0 Å². The Balaban J connectivity index is 0.000000128. The van der Waals surface area contributed by atoms with Gasteiger partial charge in [-0.3, -0.25) is 0 Å². The smallest absolute Gasteiger partial charge is 0.126 e. The number of nitrogen functional groups attached to an aromatic ring is 1. The van der Waals surface area contributed by atoms with Crippen molar-refractivity contribution in [2.75, 3.05) is 18.1 Å². The van der Waals surface area contributed by atoms with Crippen molar-refractivity contribution in [2.24, 2.45) is 0 Å². The summed E-state index contributed by atoms with van der Waals surface area (Å²) in [6.07, 6.45) is 1.76. The van der Waals surface area contributed by atoms with Crippen LogP contribution in [0.4, 0.5) is 11.5 Å². The highest BCUT2D eigenvalue weighted by molar-refractivity contribution is 5.50. The van der Waals surface area contributed by atoms with E-state index < -0.39 is 0 Å². The predicted molar refractivity (Wildman–Crippen MR) is 69.0 cm³/mol. The number of rotatable bonds is 1. The van der Waals surface area contributed by atoms with E-state index in [1.54, 1.807) is 6.20 Å². The molecule has 3 N–H and O–H groups in total. The van der Waals surface area contributed by atoms with E-state index in [4.69, 9.17) is 10.5 Å². The number of nitrogens with zero attached hydrogens (tertiary/aromatic N) is 1. The zero-order valence-corrected chi connectivity index (χ0v) is 9.68. The first-order chi connectivity index (χ1) is 8.29. The zero-order valence-electron chi connectivity index (χ0n) is 9.68. The third-order valence-electron chi connectivity index (χ3n) is 2.39. The summed E-state index contributed by atoms with van der Waals surface area (Å²) in [6.45, 7) is 0.723. The Hall–Kier alpha value is -2.23. The van der Waals surface area contributed by atoms with Crippen molar-refractivity contribution in [2.45, 2.75) is 6.61 Å². The lowest BCUT2D eigenvalue weighted by molar-refractivity contribution is 0.243. The van der Waals surface area contributed by atoms with Crippen LogP contribution in [0.25, 0.3) is 0 Å². The summed E-state index contributed by atoms with van der Waals surface area (Å²) in [5, 5.41) is 2.92. The van der Waals surface area contributed by atoms with Gasteiger partial charge in [-0.2, -0.15) is 0 Å². The van der Waals surface area contributed by atoms with E-state index in [1.165, 1.54) is 5.56 Å². The quantitative estimate of drug-likeness (QED) is 0.736. The van der Waals surface area contributed by atoms with Crippen LogP contribution < -0.4 is 15.8 Å². The number of hydrogen-bond acceptors (Lipinski definition) is 4. The third-order valence-corrected chi connectivity index (χ3v) is 2.39. The molecule has 0 spiro atoms. The molecule has 0 unspecified atom stereocenters. The van der Waals surface area contributed by atoms with Crippen molar-refractivity contribution in [1.82, 2.24) is 4.98 Å². The number of pyridine rings is 1. The summed E-state index contributed by atoms with van der Waals surface area (Å²) in [5.74, 6) is 1.89. The van der Waals surface area contributed by atoms with Crippen LogP contribution in [-0.2, 0) is 6.61 Å². The lowest BCUT2D eigenvalue weighted by Crippen LogP contribution is -2.09. The number of aromatic nitrogens is 1. The average molecular weight is 229 g/mol. The Labute approximate surface area is 100 Å². The average Bonchev–Trinajstić information content (AvgIpc) is 2.35. The molecule has 4 nitrogen and oxygen atoms in total. The molecule has 17 heavy (non-hydrogen) atoms. The number of nitrogens with one attached hydrogen (secondary N) is 1.